The summed E-state index contributed by atoms with van der Waals surface area (Å²) in [6.07, 6.45) is 8.15. The molecular formula is C32H42N2O4. The minimum atomic E-state index is -0.259. The first kappa shape index (κ1) is 25.8. The molecule has 0 amide bonds. The summed E-state index contributed by atoms with van der Waals surface area (Å²) in [6, 6.07) is 8.19. The summed E-state index contributed by atoms with van der Waals surface area (Å²) in [7, 11) is 1.68. The summed E-state index contributed by atoms with van der Waals surface area (Å²) < 4.78 is 18.2. The van der Waals surface area contributed by atoms with E-state index in [1.165, 1.54) is 12.8 Å². The molecule has 38 heavy (non-hydrogen) atoms. The Labute approximate surface area is 226 Å². The second-order valence-electron chi connectivity index (χ2n) is 12.7. The fourth-order valence-corrected chi connectivity index (χ4v) is 8.24. The summed E-state index contributed by atoms with van der Waals surface area (Å²) >= 11 is 0. The van der Waals surface area contributed by atoms with Gasteiger partial charge in [-0.1, -0.05) is 26.8 Å². The average Bonchev–Trinajstić information content (AvgIpc) is 2.94. The molecule has 2 aromatic rings. The number of piperidine rings is 3. The number of carbonyl (C=O) groups is 1. The third kappa shape index (κ3) is 4.34. The van der Waals surface area contributed by atoms with Crippen LogP contribution in [0.15, 0.2) is 43.1 Å². The number of ether oxygens (including phenoxy) is 3. The zero-order chi connectivity index (χ0) is 26.6. The molecule has 2 unspecified atom stereocenters. The zero-order valence-electron chi connectivity index (χ0n) is 23.3. The lowest BCUT2D eigenvalue weighted by atomic mass is 9.45. The van der Waals surface area contributed by atoms with Crippen LogP contribution in [-0.2, 0) is 14.3 Å². The highest BCUT2D eigenvalue weighted by Crippen LogP contribution is 2.61. The number of rotatable bonds is 8. The number of fused-ring (bicyclic) bond motifs is 6. The smallest absolute Gasteiger partial charge is 0.332 e. The Bertz CT molecular complexity index is 1210. The normalized spacial score (nSPS) is 35.8. The molecule has 3 saturated carbocycles. The van der Waals surface area contributed by atoms with Crippen LogP contribution in [0, 0.1) is 35.0 Å². The molecule has 3 aliphatic carbocycles. The van der Waals surface area contributed by atoms with E-state index in [9.17, 15) is 4.79 Å². The van der Waals surface area contributed by atoms with Crippen molar-refractivity contribution in [2.45, 2.75) is 64.7 Å². The Balaban J connectivity index is 1.23. The highest BCUT2D eigenvalue weighted by Gasteiger charge is 2.57. The number of benzene rings is 1. The third-order valence-electron chi connectivity index (χ3n) is 10.7. The van der Waals surface area contributed by atoms with Crippen molar-refractivity contribution >= 4 is 16.9 Å². The molecule has 1 aromatic carbocycles. The summed E-state index contributed by atoms with van der Waals surface area (Å²) in [5.41, 5.74) is 2.33. The molecule has 0 radical (unpaired) electrons. The van der Waals surface area contributed by atoms with Crippen LogP contribution in [0.1, 0.15) is 58.1 Å². The molecule has 9 atom stereocenters. The van der Waals surface area contributed by atoms with Gasteiger partial charge in [-0.15, -0.1) is 6.58 Å². The van der Waals surface area contributed by atoms with Crippen LogP contribution >= 0.6 is 0 Å². The van der Waals surface area contributed by atoms with E-state index in [0.29, 0.717) is 35.0 Å². The predicted octanol–water partition coefficient (Wildman–Crippen LogP) is 5.81. The minimum absolute atomic E-state index is 0.00451. The summed E-state index contributed by atoms with van der Waals surface area (Å²) in [6.45, 7) is 13.1. The third-order valence-corrected chi connectivity index (χ3v) is 10.7. The molecule has 8 rings (SSSR count). The van der Waals surface area contributed by atoms with E-state index in [0.717, 1.165) is 48.1 Å². The van der Waals surface area contributed by atoms with E-state index in [1.807, 2.05) is 30.5 Å². The van der Waals surface area contributed by atoms with Crippen molar-refractivity contribution < 1.29 is 19.0 Å². The molecule has 0 N–H and O–H groups in total. The van der Waals surface area contributed by atoms with Crippen molar-refractivity contribution in [3.8, 4) is 5.75 Å². The van der Waals surface area contributed by atoms with Crippen molar-refractivity contribution in [2.24, 2.45) is 35.0 Å². The number of hydrogen-bond donors (Lipinski definition) is 0. The standard InChI is InChI=1S/C32H42N2O4/c1-6-20-17-34-12-10-21(20)13-28(34)31(24-9-11-33-27-8-7-23(36-5)16-25(24)27)37-18-30(35)38-29-15-22-14-26(19(29)2)32(22,3)4/h6-9,11,16,19-22,26,28-29,31H,1,10,12-15,17-18H2,2-5H3/t19-,20+,21?,22-,26+,28+,29-,31-/m0/s1. The van der Waals surface area contributed by atoms with Crippen molar-refractivity contribution in [2.75, 3.05) is 26.8 Å². The Kier molecular flexibility index (Phi) is 6.76. The van der Waals surface area contributed by atoms with Crippen molar-refractivity contribution in [3.05, 3.63) is 48.7 Å². The first-order valence-electron chi connectivity index (χ1n) is 14.4. The van der Waals surface area contributed by atoms with Gasteiger partial charge in [0.05, 0.1) is 18.7 Å². The minimum Gasteiger partial charge on any atom is -0.497 e. The highest BCUT2D eigenvalue weighted by molar-refractivity contribution is 5.84. The number of aromatic nitrogens is 1. The van der Waals surface area contributed by atoms with Crippen LogP contribution in [-0.4, -0.2) is 54.8 Å². The average molecular weight is 519 g/mol. The second-order valence-corrected chi connectivity index (χ2v) is 12.7. The number of esters is 1. The largest absolute Gasteiger partial charge is 0.497 e. The van der Waals surface area contributed by atoms with Crippen LogP contribution in [0.3, 0.4) is 0 Å². The molecule has 0 spiro atoms. The van der Waals surface area contributed by atoms with Gasteiger partial charge < -0.3 is 14.2 Å². The van der Waals surface area contributed by atoms with E-state index in [-0.39, 0.29) is 30.8 Å². The maximum absolute atomic E-state index is 13.2. The lowest BCUT2D eigenvalue weighted by Crippen LogP contribution is -2.57. The lowest BCUT2D eigenvalue weighted by Gasteiger charge is -2.61. The maximum atomic E-state index is 13.2. The fourth-order valence-electron chi connectivity index (χ4n) is 8.24. The molecule has 6 aliphatic rings. The monoisotopic (exact) mass is 518 g/mol. The fraction of sp³-hybridized carbons (Fsp3) is 0.625. The van der Waals surface area contributed by atoms with E-state index in [4.69, 9.17) is 14.2 Å². The molecule has 6 fully saturated rings. The summed E-state index contributed by atoms with van der Waals surface area (Å²) in [5, 5.41) is 1.01. The van der Waals surface area contributed by atoms with Crippen molar-refractivity contribution in [3.63, 3.8) is 0 Å². The zero-order valence-corrected chi connectivity index (χ0v) is 23.3. The van der Waals surface area contributed by atoms with E-state index < -0.39 is 0 Å². The lowest BCUT2D eigenvalue weighted by molar-refractivity contribution is -0.192. The van der Waals surface area contributed by atoms with E-state index in [1.54, 1.807) is 7.11 Å². The Morgan fingerprint density at radius 1 is 1.26 bits per heavy atom. The number of pyridine rings is 1. The number of nitrogens with zero attached hydrogens (tertiary/aromatic N) is 2. The van der Waals surface area contributed by atoms with Gasteiger partial charge in [0.1, 0.15) is 18.5 Å². The van der Waals surface area contributed by atoms with Crippen LogP contribution in [0.2, 0.25) is 0 Å². The predicted molar refractivity (Wildman–Crippen MR) is 148 cm³/mol. The summed E-state index contributed by atoms with van der Waals surface area (Å²) in [5.74, 6) is 3.33. The molecule has 204 valence electrons. The topological polar surface area (TPSA) is 60.9 Å². The van der Waals surface area contributed by atoms with Crippen molar-refractivity contribution in [1.29, 1.82) is 0 Å². The van der Waals surface area contributed by atoms with E-state index >= 15 is 0 Å². The van der Waals surface area contributed by atoms with Gasteiger partial charge in [-0.25, -0.2) is 4.79 Å². The first-order valence-corrected chi connectivity index (χ1v) is 14.4. The van der Waals surface area contributed by atoms with Crippen molar-refractivity contribution in [1.82, 2.24) is 9.88 Å². The SMILES string of the molecule is C=C[C@@H]1CN2CCC1C[C@@H]2[C@@H](OCC(=O)O[C@H]1C[C@@H]2C[C@H]([C@@H]1C)C2(C)C)c1ccnc2ccc(OC)cc12. The molecule has 1 aromatic heterocycles. The molecule has 4 heterocycles. The van der Waals surface area contributed by atoms with Gasteiger partial charge in [-0.3, -0.25) is 9.88 Å². The molecule has 3 saturated heterocycles. The second kappa shape index (κ2) is 9.95. The van der Waals surface area contributed by atoms with Gasteiger partial charge in [-0.2, -0.15) is 0 Å². The van der Waals surface area contributed by atoms with E-state index in [2.05, 4.69) is 43.3 Å². The Morgan fingerprint density at radius 2 is 2.11 bits per heavy atom. The Morgan fingerprint density at radius 3 is 2.79 bits per heavy atom. The number of methoxy groups -OCH3 is 1. The van der Waals surface area contributed by atoms with Crippen LogP contribution in [0.5, 0.6) is 5.75 Å². The van der Waals surface area contributed by atoms with Crippen LogP contribution in [0.25, 0.3) is 10.9 Å². The first-order chi connectivity index (χ1) is 18.3. The number of hydrogen-bond acceptors (Lipinski definition) is 6. The highest BCUT2D eigenvalue weighted by atomic mass is 16.6. The molecule has 6 heteroatoms. The van der Waals surface area contributed by atoms with Gasteiger partial charge >= 0.3 is 5.97 Å². The molecular weight excluding hydrogens is 476 g/mol. The van der Waals surface area contributed by atoms with Gasteiger partial charge in [0.2, 0.25) is 0 Å². The maximum Gasteiger partial charge on any atom is 0.332 e. The molecule has 4 bridgehead atoms. The number of carbonyl (C=O) groups excluding carboxylic acids is 1. The van der Waals surface area contributed by atoms with Gasteiger partial charge in [0, 0.05) is 24.2 Å². The summed E-state index contributed by atoms with van der Waals surface area (Å²) in [4.78, 5) is 20.3. The molecule has 3 aliphatic heterocycles. The van der Waals surface area contributed by atoms with Gasteiger partial charge in [0.15, 0.2) is 0 Å². The van der Waals surface area contributed by atoms with Crippen LogP contribution < -0.4 is 4.74 Å². The van der Waals surface area contributed by atoms with Gasteiger partial charge in [-0.05, 0) is 97.1 Å². The molecule has 6 nitrogen and oxygen atoms in total. The Hall–Kier alpha value is -2.44. The quantitative estimate of drug-likeness (QED) is 0.325. The van der Waals surface area contributed by atoms with Gasteiger partial charge in [0.25, 0.3) is 0 Å². The van der Waals surface area contributed by atoms with Crippen LogP contribution in [0.4, 0.5) is 0 Å².